The zero-order valence-electron chi connectivity index (χ0n) is 11.9. The summed E-state index contributed by atoms with van der Waals surface area (Å²) in [5, 5.41) is 2.71. The van der Waals surface area contributed by atoms with Gasteiger partial charge in [-0.1, -0.05) is 18.2 Å². The van der Waals surface area contributed by atoms with Gasteiger partial charge in [0, 0.05) is 0 Å². The molecule has 3 rings (SSSR count). The Morgan fingerprint density at radius 2 is 1.96 bits per heavy atom. The summed E-state index contributed by atoms with van der Waals surface area (Å²) in [4.78, 5) is 23.3. The third-order valence-corrected chi connectivity index (χ3v) is 3.61. The Hall–Kier alpha value is -3.00. The Kier molecular flexibility index (Phi) is 4.15. The average molecular weight is 328 g/mol. The van der Waals surface area contributed by atoms with Crippen molar-refractivity contribution in [2.24, 2.45) is 5.73 Å². The van der Waals surface area contributed by atoms with Crippen LogP contribution in [0.2, 0.25) is 0 Å². The first-order chi connectivity index (χ1) is 11.1. The van der Waals surface area contributed by atoms with Gasteiger partial charge in [0.15, 0.2) is 6.61 Å². The van der Waals surface area contributed by atoms with Crippen LogP contribution in [0.4, 0.5) is 5.69 Å². The molecule has 0 aliphatic heterocycles. The number of nitrogens with zero attached hydrogens (tertiary/aromatic N) is 2. The quantitative estimate of drug-likeness (QED) is 0.742. The van der Waals surface area contributed by atoms with Crippen molar-refractivity contribution in [3.63, 3.8) is 0 Å². The van der Waals surface area contributed by atoms with Crippen LogP contribution in [-0.4, -0.2) is 27.2 Å². The van der Waals surface area contributed by atoms with Crippen molar-refractivity contribution >= 4 is 40.3 Å². The highest BCUT2D eigenvalue weighted by molar-refractivity contribution is 7.00. The van der Waals surface area contributed by atoms with Gasteiger partial charge in [-0.2, -0.15) is 8.75 Å². The average Bonchev–Trinajstić information content (AvgIpc) is 3.03. The molecule has 2 amide bonds. The molecule has 3 aromatic rings. The molecule has 3 N–H and O–H groups in total. The number of hydrogen-bond donors (Lipinski definition) is 2. The Morgan fingerprint density at radius 3 is 2.78 bits per heavy atom. The topological polar surface area (TPSA) is 107 Å². The van der Waals surface area contributed by atoms with E-state index in [4.69, 9.17) is 10.5 Å². The van der Waals surface area contributed by atoms with Crippen molar-refractivity contribution in [2.45, 2.75) is 0 Å². The second-order valence-corrected chi connectivity index (χ2v) is 5.16. The summed E-state index contributed by atoms with van der Waals surface area (Å²) >= 11 is 1.08. The van der Waals surface area contributed by atoms with Gasteiger partial charge in [-0.15, -0.1) is 0 Å². The number of nitrogens with two attached hydrogens (primary N) is 1. The van der Waals surface area contributed by atoms with E-state index >= 15 is 0 Å². The van der Waals surface area contributed by atoms with Crippen LogP contribution in [0.1, 0.15) is 10.4 Å². The van der Waals surface area contributed by atoms with Gasteiger partial charge in [0.2, 0.25) is 0 Å². The minimum atomic E-state index is -0.612. The zero-order valence-corrected chi connectivity index (χ0v) is 12.7. The molecule has 0 saturated carbocycles. The molecule has 0 spiro atoms. The molecule has 8 heteroatoms. The minimum absolute atomic E-state index is 0.228. The van der Waals surface area contributed by atoms with Crippen molar-refractivity contribution in [2.75, 3.05) is 11.9 Å². The fraction of sp³-hybridized carbons (Fsp3) is 0.0667. The fourth-order valence-corrected chi connectivity index (χ4v) is 2.58. The highest BCUT2D eigenvalue weighted by Gasteiger charge is 2.12. The van der Waals surface area contributed by atoms with Crippen LogP contribution >= 0.6 is 11.7 Å². The second kappa shape index (κ2) is 6.41. The Bertz CT molecular complexity index is 878. The van der Waals surface area contributed by atoms with Gasteiger partial charge in [0.05, 0.1) is 23.0 Å². The first kappa shape index (κ1) is 14.9. The van der Waals surface area contributed by atoms with Gasteiger partial charge in [0.1, 0.15) is 16.8 Å². The zero-order chi connectivity index (χ0) is 16.2. The maximum Gasteiger partial charge on any atom is 0.262 e. The number of fused-ring (bicyclic) bond motifs is 1. The maximum atomic E-state index is 12.0. The molecule has 1 heterocycles. The molecule has 0 aliphatic rings. The maximum absolute atomic E-state index is 12.0. The minimum Gasteiger partial charge on any atom is -0.483 e. The molecule has 23 heavy (non-hydrogen) atoms. The lowest BCUT2D eigenvalue weighted by molar-refractivity contribution is -0.118. The molecule has 0 saturated heterocycles. The monoisotopic (exact) mass is 328 g/mol. The van der Waals surface area contributed by atoms with E-state index in [2.05, 4.69) is 14.1 Å². The summed E-state index contributed by atoms with van der Waals surface area (Å²) in [5.41, 5.74) is 7.40. The number of rotatable bonds is 5. The van der Waals surface area contributed by atoms with E-state index in [0.29, 0.717) is 16.7 Å². The second-order valence-electron chi connectivity index (χ2n) is 4.63. The van der Waals surface area contributed by atoms with E-state index in [1.807, 2.05) is 6.07 Å². The molecule has 7 nitrogen and oxygen atoms in total. The van der Waals surface area contributed by atoms with Crippen molar-refractivity contribution < 1.29 is 14.3 Å². The summed E-state index contributed by atoms with van der Waals surface area (Å²) in [7, 11) is 0. The van der Waals surface area contributed by atoms with Gasteiger partial charge in [-0.25, -0.2) is 0 Å². The number of carbonyl (C=O) groups excluding carboxylic acids is 2. The van der Waals surface area contributed by atoms with Gasteiger partial charge < -0.3 is 15.8 Å². The summed E-state index contributed by atoms with van der Waals surface area (Å²) in [6.45, 7) is -0.252. The number of ether oxygens (including phenoxy) is 1. The molecule has 0 fully saturated rings. The number of aromatic nitrogens is 2. The lowest BCUT2D eigenvalue weighted by Gasteiger charge is -2.10. The van der Waals surface area contributed by atoms with E-state index in [1.165, 1.54) is 6.07 Å². The van der Waals surface area contributed by atoms with Crippen molar-refractivity contribution in [3.8, 4) is 5.75 Å². The number of benzene rings is 2. The number of primary amides is 1. The van der Waals surface area contributed by atoms with E-state index < -0.39 is 5.91 Å². The summed E-state index contributed by atoms with van der Waals surface area (Å²) < 4.78 is 13.6. The largest absolute Gasteiger partial charge is 0.483 e. The van der Waals surface area contributed by atoms with Gasteiger partial charge >= 0.3 is 0 Å². The summed E-state index contributed by atoms with van der Waals surface area (Å²) in [6.07, 6.45) is 0. The van der Waals surface area contributed by atoms with Crippen molar-refractivity contribution in [3.05, 3.63) is 48.0 Å². The molecular weight excluding hydrogens is 316 g/mol. The SMILES string of the molecule is NC(=O)c1ccccc1OCC(=O)Nc1cccc2nsnc12. The summed E-state index contributed by atoms with van der Waals surface area (Å²) in [6, 6.07) is 11.8. The molecule has 0 bridgehead atoms. The molecular formula is C15H12N4O3S. The first-order valence-electron chi connectivity index (χ1n) is 6.68. The van der Waals surface area contributed by atoms with Gasteiger partial charge in [-0.05, 0) is 24.3 Å². The van der Waals surface area contributed by atoms with Crippen LogP contribution in [0.15, 0.2) is 42.5 Å². The Balaban J connectivity index is 1.69. The molecule has 0 atom stereocenters. The lowest BCUT2D eigenvalue weighted by Crippen LogP contribution is -2.21. The number of nitrogens with one attached hydrogen (secondary N) is 1. The molecule has 2 aromatic carbocycles. The van der Waals surface area contributed by atoms with Crippen molar-refractivity contribution in [1.82, 2.24) is 8.75 Å². The van der Waals surface area contributed by atoms with Crippen LogP contribution in [0.3, 0.4) is 0 Å². The van der Waals surface area contributed by atoms with E-state index in [-0.39, 0.29) is 23.8 Å². The predicted octanol–water partition coefficient (Wildman–Crippen LogP) is 1.81. The standard InChI is InChI=1S/C15H12N4O3S/c16-15(21)9-4-1-2-7-12(9)22-8-13(20)17-10-5-3-6-11-14(10)19-23-18-11/h1-7H,8H2,(H2,16,21)(H,17,20). The highest BCUT2D eigenvalue weighted by atomic mass is 32.1. The number of amides is 2. The van der Waals surface area contributed by atoms with Crippen LogP contribution in [-0.2, 0) is 4.79 Å². The number of carbonyl (C=O) groups is 2. The smallest absolute Gasteiger partial charge is 0.262 e. The lowest BCUT2D eigenvalue weighted by atomic mass is 10.2. The third-order valence-electron chi connectivity index (χ3n) is 3.07. The first-order valence-corrected chi connectivity index (χ1v) is 7.41. The van der Waals surface area contributed by atoms with E-state index in [9.17, 15) is 9.59 Å². The van der Waals surface area contributed by atoms with Crippen LogP contribution < -0.4 is 15.8 Å². The van der Waals surface area contributed by atoms with Crippen LogP contribution in [0, 0.1) is 0 Å². The summed E-state index contributed by atoms with van der Waals surface area (Å²) in [5.74, 6) is -0.715. The van der Waals surface area contributed by atoms with E-state index in [0.717, 1.165) is 11.7 Å². The fourth-order valence-electron chi connectivity index (χ4n) is 2.03. The number of hydrogen-bond acceptors (Lipinski definition) is 6. The number of anilines is 1. The van der Waals surface area contributed by atoms with Gasteiger partial charge in [-0.3, -0.25) is 9.59 Å². The Morgan fingerprint density at radius 1 is 1.13 bits per heavy atom. The van der Waals surface area contributed by atoms with Crippen LogP contribution in [0.5, 0.6) is 5.75 Å². The normalized spacial score (nSPS) is 10.4. The molecule has 116 valence electrons. The van der Waals surface area contributed by atoms with Crippen molar-refractivity contribution in [1.29, 1.82) is 0 Å². The molecule has 0 unspecified atom stereocenters. The molecule has 0 aliphatic carbocycles. The third kappa shape index (κ3) is 3.27. The molecule has 1 aromatic heterocycles. The Labute approximate surface area is 135 Å². The van der Waals surface area contributed by atoms with E-state index in [1.54, 1.807) is 30.3 Å². The predicted molar refractivity (Wildman–Crippen MR) is 86.5 cm³/mol. The number of para-hydroxylation sites is 1. The van der Waals surface area contributed by atoms with Crippen LogP contribution in [0.25, 0.3) is 11.0 Å². The molecule has 0 radical (unpaired) electrons. The van der Waals surface area contributed by atoms with Gasteiger partial charge in [0.25, 0.3) is 11.8 Å². The highest BCUT2D eigenvalue weighted by Crippen LogP contribution is 2.21.